The monoisotopic (exact) mass is 298 g/mol. The fourth-order valence-electron chi connectivity index (χ4n) is 2.62. The number of ether oxygens (including phenoxy) is 1. The molecule has 108 valence electrons. The van der Waals surface area contributed by atoms with E-state index in [2.05, 4.69) is 40.8 Å². The average Bonchev–Trinajstić information content (AvgIpc) is 3.00. The number of methoxy groups -OCH3 is 1. The summed E-state index contributed by atoms with van der Waals surface area (Å²) < 4.78 is 5.50. The van der Waals surface area contributed by atoms with E-state index in [4.69, 9.17) is 4.74 Å². The van der Waals surface area contributed by atoms with Crippen molar-refractivity contribution >= 4 is 22.1 Å². The van der Waals surface area contributed by atoms with E-state index in [1.807, 2.05) is 24.5 Å². The number of nitrogens with zero attached hydrogens (tertiary/aromatic N) is 1. The second-order valence-electron chi connectivity index (χ2n) is 4.79. The predicted molar refractivity (Wildman–Crippen MR) is 88.1 cm³/mol. The molecule has 1 N–H and O–H groups in total. The summed E-state index contributed by atoms with van der Waals surface area (Å²) in [5.41, 5.74) is 1.24. The molecule has 0 bridgehead atoms. The van der Waals surface area contributed by atoms with Gasteiger partial charge in [0.2, 0.25) is 0 Å². The Morgan fingerprint density at radius 2 is 2.19 bits per heavy atom. The Bertz CT molecular complexity index is 733. The lowest BCUT2D eigenvalue weighted by Crippen LogP contribution is -2.21. The van der Waals surface area contributed by atoms with Crippen LogP contribution >= 0.6 is 11.3 Å². The van der Waals surface area contributed by atoms with Crippen LogP contribution in [0.4, 0.5) is 0 Å². The molecular formula is C17H18N2OS. The summed E-state index contributed by atoms with van der Waals surface area (Å²) in [6, 6.07) is 10.6. The molecule has 0 saturated heterocycles. The first kappa shape index (κ1) is 14.0. The van der Waals surface area contributed by atoms with Crippen molar-refractivity contribution in [3.8, 4) is 5.75 Å². The Labute approximate surface area is 128 Å². The van der Waals surface area contributed by atoms with Gasteiger partial charge in [0.1, 0.15) is 5.75 Å². The van der Waals surface area contributed by atoms with Crippen LogP contribution in [0.25, 0.3) is 10.8 Å². The molecule has 0 radical (unpaired) electrons. The highest BCUT2D eigenvalue weighted by Gasteiger charge is 2.20. The zero-order valence-electron chi connectivity index (χ0n) is 12.2. The summed E-state index contributed by atoms with van der Waals surface area (Å²) >= 11 is 1.72. The van der Waals surface area contributed by atoms with Crippen molar-refractivity contribution in [2.75, 3.05) is 13.7 Å². The van der Waals surface area contributed by atoms with E-state index in [1.165, 1.54) is 21.2 Å². The van der Waals surface area contributed by atoms with Crippen LogP contribution in [-0.2, 0) is 0 Å². The van der Waals surface area contributed by atoms with Crippen molar-refractivity contribution in [1.29, 1.82) is 0 Å². The summed E-state index contributed by atoms with van der Waals surface area (Å²) in [6.07, 6.45) is 3.77. The van der Waals surface area contributed by atoms with E-state index in [0.29, 0.717) is 0 Å². The Kier molecular flexibility index (Phi) is 4.18. The molecule has 4 heteroatoms. The maximum atomic E-state index is 5.50. The predicted octanol–water partition coefficient (Wildman–Crippen LogP) is 4.00. The van der Waals surface area contributed by atoms with E-state index in [1.54, 1.807) is 18.4 Å². The topological polar surface area (TPSA) is 34.1 Å². The van der Waals surface area contributed by atoms with Gasteiger partial charge < -0.3 is 10.1 Å². The Morgan fingerprint density at radius 3 is 3.00 bits per heavy atom. The van der Waals surface area contributed by atoms with Crippen LogP contribution in [0.5, 0.6) is 5.75 Å². The Hall–Kier alpha value is -1.91. The van der Waals surface area contributed by atoms with Crippen LogP contribution in [0.15, 0.2) is 48.1 Å². The second-order valence-corrected chi connectivity index (χ2v) is 5.74. The lowest BCUT2D eigenvalue weighted by molar-refractivity contribution is 0.408. The van der Waals surface area contributed by atoms with Crippen molar-refractivity contribution in [1.82, 2.24) is 10.3 Å². The number of benzene rings is 1. The van der Waals surface area contributed by atoms with Crippen LogP contribution in [0.2, 0.25) is 0 Å². The maximum absolute atomic E-state index is 5.50. The van der Waals surface area contributed by atoms with Crippen LogP contribution < -0.4 is 10.1 Å². The zero-order valence-corrected chi connectivity index (χ0v) is 13.0. The van der Waals surface area contributed by atoms with Crippen molar-refractivity contribution < 1.29 is 4.74 Å². The molecule has 1 unspecified atom stereocenters. The van der Waals surface area contributed by atoms with Crippen LogP contribution in [0.3, 0.4) is 0 Å². The standard InChI is InChI=1S/C17H18N2OS/c1-3-19-16(17-15(20-2)8-10-21-17)13-6-4-5-12-7-9-18-11-14(12)13/h4-11,16,19H,3H2,1-2H3. The van der Waals surface area contributed by atoms with Gasteiger partial charge in [0.15, 0.2) is 0 Å². The van der Waals surface area contributed by atoms with Crippen molar-refractivity contribution in [3.05, 3.63) is 58.5 Å². The minimum atomic E-state index is 0.123. The van der Waals surface area contributed by atoms with E-state index in [-0.39, 0.29) is 6.04 Å². The number of hydrogen-bond donors (Lipinski definition) is 1. The van der Waals surface area contributed by atoms with Crippen molar-refractivity contribution in [2.45, 2.75) is 13.0 Å². The minimum absolute atomic E-state index is 0.123. The Morgan fingerprint density at radius 1 is 1.29 bits per heavy atom. The van der Waals surface area contributed by atoms with E-state index in [9.17, 15) is 0 Å². The first-order valence-electron chi connectivity index (χ1n) is 7.02. The zero-order chi connectivity index (χ0) is 14.7. The SMILES string of the molecule is CCNC(c1sccc1OC)c1cccc2ccncc12. The second kappa shape index (κ2) is 6.24. The molecule has 0 fully saturated rings. The number of thiophene rings is 1. The molecule has 1 aromatic carbocycles. The number of hydrogen-bond acceptors (Lipinski definition) is 4. The molecule has 3 rings (SSSR count). The molecule has 3 nitrogen and oxygen atoms in total. The number of nitrogens with one attached hydrogen (secondary N) is 1. The number of aromatic nitrogens is 1. The van der Waals surface area contributed by atoms with Gasteiger partial charge in [0.25, 0.3) is 0 Å². The first-order valence-corrected chi connectivity index (χ1v) is 7.90. The van der Waals surface area contributed by atoms with Crippen LogP contribution in [0.1, 0.15) is 23.4 Å². The summed E-state index contributed by atoms with van der Waals surface area (Å²) in [6.45, 7) is 3.01. The first-order chi connectivity index (χ1) is 10.3. The molecule has 0 spiro atoms. The van der Waals surface area contributed by atoms with E-state index < -0.39 is 0 Å². The van der Waals surface area contributed by atoms with Gasteiger partial charge in [-0.15, -0.1) is 11.3 Å². The van der Waals surface area contributed by atoms with Crippen LogP contribution in [-0.4, -0.2) is 18.6 Å². The number of fused-ring (bicyclic) bond motifs is 1. The number of pyridine rings is 1. The highest BCUT2D eigenvalue weighted by Crippen LogP contribution is 2.37. The molecule has 0 aliphatic rings. The van der Waals surface area contributed by atoms with Crippen molar-refractivity contribution in [3.63, 3.8) is 0 Å². The van der Waals surface area contributed by atoms with Gasteiger partial charge >= 0.3 is 0 Å². The van der Waals surface area contributed by atoms with Gasteiger partial charge in [-0.05, 0) is 35.0 Å². The normalized spacial score (nSPS) is 12.5. The average molecular weight is 298 g/mol. The van der Waals surface area contributed by atoms with Gasteiger partial charge in [0, 0.05) is 17.8 Å². The summed E-state index contributed by atoms with van der Waals surface area (Å²) in [4.78, 5) is 5.49. The van der Waals surface area contributed by atoms with Gasteiger partial charge in [-0.3, -0.25) is 4.98 Å². The molecule has 2 aromatic heterocycles. The highest BCUT2D eigenvalue weighted by molar-refractivity contribution is 7.10. The van der Waals surface area contributed by atoms with E-state index in [0.717, 1.165) is 12.3 Å². The molecule has 2 heterocycles. The largest absolute Gasteiger partial charge is 0.496 e. The Balaban J connectivity index is 2.16. The van der Waals surface area contributed by atoms with E-state index >= 15 is 0 Å². The smallest absolute Gasteiger partial charge is 0.134 e. The van der Waals surface area contributed by atoms with Crippen LogP contribution in [0, 0.1) is 0 Å². The fourth-order valence-corrected chi connectivity index (χ4v) is 3.58. The molecule has 0 saturated carbocycles. The van der Waals surface area contributed by atoms with Crippen molar-refractivity contribution in [2.24, 2.45) is 0 Å². The molecule has 3 aromatic rings. The molecule has 0 amide bonds. The maximum Gasteiger partial charge on any atom is 0.134 e. The quantitative estimate of drug-likeness (QED) is 0.773. The highest BCUT2D eigenvalue weighted by atomic mass is 32.1. The summed E-state index contributed by atoms with van der Waals surface area (Å²) in [7, 11) is 1.72. The summed E-state index contributed by atoms with van der Waals surface area (Å²) in [5.74, 6) is 0.937. The van der Waals surface area contributed by atoms with Gasteiger partial charge in [-0.25, -0.2) is 0 Å². The lowest BCUT2D eigenvalue weighted by atomic mass is 9.99. The van der Waals surface area contributed by atoms with Gasteiger partial charge in [0.05, 0.1) is 18.0 Å². The lowest BCUT2D eigenvalue weighted by Gasteiger charge is -2.20. The molecular weight excluding hydrogens is 280 g/mol. The molecule has 21 heavy (non-hydrogen) atoms. The third-order valence-corrected chi connectivity index (χ3v) is 4.54. The number of rotatable bonds is 5. The van der Waals surface area contributed by atoms with Gasteiger partial charge in [-0.1, -0.05) is 25.1 Å². The third-order valence-electron chi connectivity index (χ3n) is 3.58. The fraction of sp³-hybridized carbons (Fsp3) is 0.235. The third kappa shape index (κ3) is 2.64. The minimum Gasteiger partial charge on any atom is -0.496 e. The molecule has 0 aliphatic heterocycles. The summed E-state index contributed by atoms with van der Waals surface area (Å²) in [5, 5.41) is 8.03. The molecule has 0 aliphatic carbocycles. The van der Waals surface area contributed by atoms with Gasteiger partial charge in [-0.2, -0.15) is 0 Å². The molecule has 1 atom stereocenters.